The van der Waals surface area contributed by atoms with Gasteiger partial charge in [0.05, 0.1) is 5.69 Å². The van der Waals surface area contributed by atoms with Gasteiger partial charge in [-0.3, -0.25) is 10.1 Å². The number of aryl methyl sites for hydroxylation is 2. The third-order valence-corrected chi connectivity index (χ3v) is 4.21. The fraction of sp³-hybridized carbons (Fsp3) is 0.444. The second-order valence-electron chi connectivity index (χ2n) is 5.89. The highest BCUT2D eigenvalue weighted by Crippen LogP contribution is 2.27. The van der Waals surface area contributed by atoms with Crippen molar-refractivity contribution >= 4 is 11.8 Å². The molecule has 1 amide bonds. The maximum atomic E-state index is 12.3. The molecule has 0 aliphatic heterocycles. The van der Waals surface area contributed by atoms with Crippen molar-refractivity contribution in [3.05, 3.63) is 41.1 Å². The summed E-state index contributed by atoms with van der Waals surface area (Å²) in [4.78, 5) is 12.3. The van der Waals surface area contributed by atoms with Crippen LogP contribution in [-0.2, 0) is 24.1 Å². The molecule has 1 aliphatic rings. The van der Waals surface area contributed by atoms with Gasteiger partial charge in [0, 0.05) is 5.56 Å². The standard InChI is InChI=1S/C18H22N2O3/c1-3-13-8-10-14(11-9-13)22-12(2)17(21)19-18-15-6-4-5-7-16(15)20-23-18/h8-12H,3-7H2,1-2H3,(H,19,21)/t12-/m0/s1. The first-order valence-electron chi connectivity index (χ1n) is 8.21. The van der Waals surface area contributed by atoms with Gasteiger partial charge in [0.25, 0.3) is 5.91 Å². The molecule has 0 fully saturated rings. The molecule has 1 heterocycles. The summed E-state index contributed by atoms with van der Waals surface area (Å²) in [6.07, 6.45) is 4.43. The summed E-state index contributed by atoms with van der Waals surface area (Å²) >= 11 is 0. The van der Waals surface area contributed by atoms with E-state index in [2.05, 4.69) is 17.4 Å². The summed E-state index contributed by atoms with van der Waals surface area (Å²) in [5.74, 6) is 0.931. The van der Waals surface area contributed by atoms with Crippen molar-refractivity contribution in [2.75, 3.05) is 5.32 Å². The summed E-state index contributed by atoms with van der Waals surface area (Å²) in [6.45, 7) is 3.83. The maximum Gasteiger partial charge on any atom is 0.267 e. The van der Waals surface area contributed by atoms with Crippen molar-refractivity contribution in [1.82, 2.24) is 5.16 Å². The molecule has 0 unspecified atom stereocenters. The summed E-state index contributed by atoms with van der Waals surface area (Å²) in [6, 6.07) is 7.79. The van der Waals surface area contributed by atoms with Crippen LogP contribution in [0.25, 0.3) is 0 Å². The highest BCUT2D eigenvalue weighted by Gasteiger charge is 2.23. The lowest BCUT2D eigenvalue weighted by atomic mass is 9.98. The van der Waals surface area contributed by atoms with E-state index in [1.54, 1.807) is 6.92 Å². The molecule has 23 heavy (non-hydrogen) atoms. The van der Waals surface area contributed by atoms with E-state index >= 15 is 0 Å². The number of carbonyl (C=O) groups is 1. The number of nitrogens with one attached hydrogen (secondary N) is 1. The SMILES string of the molecule is CCc1ccc(O[C@@H](C)C(=O)Nc2onc3c2CCCC3)cc1. The summed E-state index contributed by atoms with van der Waals surface area (Å²) in [5.41, 5.74) is 3.24. The Balaban J connectivity index is 1.62. The van der Waals surface area contributed by atoms with Gasteiger partial charge in [-0.1, -0.05) is 24.2 Å². The number of carbonyl (C=O) groups excluding carboxylic acids is 1. The van der Waals surface area contributed by atoms with Crippen LogP contribution in [0.4, 0.5) is 5.88 Å². The number of hydrogen-bond acceptors (Lipinski definition) is 4. The quantitative estimate of drug-likeness (QED) is 0.917. The predicted molar refractivity (Wildman–Crippen MR) is 87.7 cm³/mol. The molecule has 3 rings (SSSR count). The van der Waals surface area contributed by atoms with Gasteiger partial charge < -0.3 is 9.26 Å². The minimum atomic E-state index is -0.605. The number of nitrogens with zero attached hydrogens (tertiary/aromatic N) is 1. The summed E-state index contributed by atoms with van der Waals surface area (Å²) in [7, 11) is 0. The van der Waals surface area contributed by atoms with Crippen LogP contribution >= 0.6 is 0 Å². The molecule has 0 saturated heterocycles. The smallest absolute Gasteiger partial charge is 0.267 e. The van der Waals surface area contributed by atoms with Gasteiger partial charge >= 0.3 is 0 Å². The van der Waals surface area contributed by atoms with Crippen molar-refractivity contribution in [2.24, 2.45) is 0 Å². The molecule has 0 saturated carbocycles. The molecule has 1 aromatic heterocycles. The number of benzene rings is 1. The number of ether oxygens (including phenoxy) is 1. The fourth-order valence-electron chi connectivity index (χ4n) is 2.76. The number of fused-ring (bicyclic) bond motifs is 1. The highest BCUT2D eigenvalue weighted by molar-refractivity contribution is 5.93. The van der Waals surface area contributed by atoms with Gasteiger partial charge in [0.2, 0.25) is 5.88 Å². The number of anilines is 1. The van der Waals surface area contributed by atoms with Crippen LogP contribution in [0.15, 0.2) is 28.8 Å². The zero-order valence-corrected chi connectivity index (χ0v) is 13.6. The Morgan fingerprint density at radius 2 is 2.04 bits per heavy atom. The van der Waals surface area contributed by atoms with Crippen LogP contribution in [0, 0.1) is 0 Å². The van der Waals surface area contributed by atoms with Crippen molar-refractivity contribution < 1.29 is 14.1 Å². The zero-order valence-electron chi connectivity index (χ0n) is 13.6. The zero-order chi connectivity index (χ0) is 16.2. The van der Waals surface area contributed by atoms with Gasteiger partial charge in [0.15, 0.2) is 6.10 Å². The Labute approximate surface area is 136 Å². The Morgan fingerprint density at radius 1 is 1.30 bits per heavy atom. The van der Waals surface area contributed by atoms with Gasteiger partial charge in [-0.2, -0.15) is 0 Å². The summed E-state index contributed by atoms with van der Waals surface area (Å²) in [5, 5.41) is 6.84. The van der Waals surface area contributed by atoms with E-state index in [-0.39, 0.29) is 5.91 Å². The van der Waals surface area contributed by atoms with Crippen LogP contribution in [-0.4, -0.2) is 17.2 Å². The first-order chi connectivity index (χ1) is 11.2. The lowest BCUT2D eigenvalue weighted by molar-refractivity contribution is -0.122. The Morgan fingerprint density at radius 3 is 2.78 bits per heavy atom. The Hall–Kier alpha value is -2.30. The van der Waals surface area contributed by atoms with Gasteiger partial charge in [-0.15, -0.1) is 0 Å². The normalized spacial score (nSPS) is 14.9. The average molecular weight is 314 g/mol. The molecule has 1 aliphatic carbocycles. The third-order valence-electron chi connectivity index (χ3n) is 4.21. The van der Waals surface area contributed by atoms with Gasteiger partial charge in [-0.25, -0.2) is 0 Å². The molecular weight excluding hydrogens is 292 g/mol. The van der Waals surface area contributed by atoms with E-state index in [1.807, 2.05) is 24.3 Å². The van der Waals surface area contributed by atoms with Crippen molar-refractivity contribution in [3.63, 3.8) is 0 Å². The van der Waals surface area contributed by atoms with Crippen molar-refractivity contribution in [3.8, 4) is 5.75 Å². The average Bonchev–Trinajstić information content (AvgIpc) is 2.98. The lowest BCUT2D eigenvalue weighted by Crippen LogP contribution is -2.30. The molecule has 122 valence electrons. The molecule has 0 radical (unpaired) electrons. The minimum Gasteiger partial charge on any atom is -0.481 e. The van der Waals surface area contributed by atoms with E-state index in [0.29, 0.717) is 11.6 Å². The molecular formula is C18H22N2O3. The van der Waals surface area contributed by atoms with E-state index < -0.39 is 6.10 Å². The predicted octanol–water partition coefficient (Wildman–Crippen LogP) is 3.52. The first-order valence-corrected chi connectivity index (χ1v) is 8.21. The molecule has 2 aromatic rings. The van der Waals surface area contributed by atoms with Crippen LogP contribution in [0.1, 0.15) is 43.5 Å². The molecule has 0 bridgehead atoms. The number of aromatic nitrogens is 1. The van der Waals surface area contributed by atoms with E-state index in [4.69, 9.17) is 9.26 Å². The molecule has 1 atom stereocenters. The van der Waals surface area contributed by atoms with E-state index in [0.717, 1.165) is 43.4 Å². The Kier molecular flexibility index (Phi) is 4.65. The third kappa shape index (κ3) is 3.55. The number of amides is 1. The van der Waals surface area contributed by atoms with Crippen LogP contribution in [0.2, 0.25) is 0 Å². The second kappa shape index (κ2) is 6.86. The molecule has 0 spiro atoms. The first kappa shape index (κ1) is 15.6. The van der Waals surface area contributed by atoms with Crippen LogP contribution in [0.3, 0.4) is 0 Å². The molecule has 1 N–H and O–H groups in total. The number of hydrogen-bond donors (Lipinski definition) is 1. The summed E-state index contributed by atoms with van der Waals surface area (Å²) < 4.78 is 11.0. The van der Waals surface area contributed by atoms with Gasteiger partial charge in [0.1, 0.15) is 5.75 Å². The van der Waals surface area contributed by atoms with Crippen LogP contribution in [0.5, 0.6) is 5.75 Å². The monoisotopic (exact) mass is 314 g/mol. The van der Waals surface area contributed by atoms with Crippen molar-refractivity contribution in [1.29, 1.82) is 0 Å². The molecule has 5 nitrogen and oxygen atoms in total. The van der Waals surface area contributed by atoms with E-state index in [1.165, 1.54) is 5.56 Å². The molecule has 5 heteroatoms. The van der Waals surface area contributed by atoms with Crippen LogP contribution < -0.4 is 10.1 Å². The topological polar surface area (TPSA) is 64.4 Å². The van der Waals surface area contributed by atoms with Crippen molar-refractivity contribution in [2.45, 2.75) is 52.1 Å². The Bertz CT molecular complexity index is 676. The maximum absolute atomic E-state index is 12.3. The minimum absolute atomic E-state index is 0.228. The van der Waals surface area contributed by atoms with E-state index in [9.17, 15) is 4.79 Å². The fourth-order valence-corrected chi connectivity index (χ4v) is 2.76. The highest BCUT2D eigenvalue weighted by atomic mass is 16.5. The largest absolute Gasteiger partial charge is 0.481 e. The lowest BCUT2D eigenvalue weighted by Gasteiger charge is -2.15. The molecule has 1 aromatic carbocycles. The second-order valence-corrected chi connectivity index (χ2v) is 5.89. The van der Waals surface area contributed by atoms with Gasteiger partial charge in [-0.05, 0) is 56.7 Å². The number of rotatable bonds is 5.